The van der Waals surface area contributed by atoms with Crippen LogP contribution in [0.5, 0.6) is 5.75 Å². The second-order valence-corrected chi connectivity index (χ2v) is 6.61. The Morgan fingerprint density at radius 2 is 1.82 bits per heavy atom. The molecule has 5 nitrogen and oxygen atoms in total. The number of aryl methyl sites for hydroxylation is 1. The van der Waals surface area contributed by atoms with Gasteiger partial charge in [0.25, 0.3) is 0 Å². The van der Waals surface area contributed by atoms with Gasteiger partial charge in [0.15, 0.2) is 0 Å². The van der Waals surface area contributed by atoms with Crippen molar-refractivity contribution in [3.05, 3.63) is 60.3 Å². The Balaban J connectivity index is 2.02. The topological polar surface area (TPSA) is 74.3 Å². The summed E-state index contributed by atoms with van der Waals surface area (Å²) < 4.78 is 30.9. The molecule has 0 fully saturated rings. The zero-order valence-electron chi connectivity index (χ0n) is 12.1. The van der Waals surface area contributed by atoms with E-state index < -0.39 is 10.0 Å². The van der Waals surface area contributed by atoms with E-state index in [0.717, 1.165) is 5.56 Å². The second-order valence-electron chi connectivity index (χ2n) is 5.08. The van der Waals surface area contributed by atoms with E-state index in [0.29, 0.717) is 23.3 Å². The van der Waals surface area contributed by atoms with Gasteiger partial charge in [-0.2, -0.15) is 0 Å². The van der Waals surface area contributed by atoms with E-state index in [2.05, 4.69) is 0 Å². The smallest absolute Gasteiger partial charge is 0.240 e. The molecule has 0 spiro atoms. The molecule has 0 radical (unpaired) electrons. The number of primary sulfonamides is 1. The van der Waals surface area contributed by atoms with Crippen LogP contribution in [0, 0.1) is 0 Å². The fourth-order valence-corrected chi connectivity index (χ4v) is 3.25. The van der Waals surface area contributed by atoms with Gasteiger partial charge in [0, 0.05) is 18.6 Å². The lowest BCUT2D eigenvalue weighted by atomic mass is 10.2. The van der Waals surface area contributed by atoms with Gasteiger partial charge in [-0.15, -0.1) is 0 Å². The van der Waals surface area contributed by atoms with Crippen LogP contribution in [0.15, 0.2) is 59.6 Å². The van der Waals surface area contributed by atoms with Gasteiger partial charge in [-0.05, 0) is 11.6 Å². The Hall–Kier alpha value is -2.31. The van der Waals surface area contributed by atoms with Crippen molar-refractivity contribution in [2.24, 2.45) is 12.2 Å². The predicted molar refractivity (Wildman–Crippen MR) is 85.1 cm³/mol. The number of aromatic nitrogens is 1. The van der Waals surface area contributed by atoms with E-state index in [1.165, 1.54) is 6.20 Å². The van der Waals surface area contributed by atoms with Gasteiger partial charge >= 0.3 is 0 Å². The number of nitrogens with two attached hydrogens (primary N) is 1. The van der Waals surface area contributed by atoms with Crippen LogP contribution in [0.1, 0.15) is 5.56 Å². The number of hydrogen-bond acceptors (Lipinski definition) is 3. The van der Waals surface area contributed by atoms with Crippen molar-refractivity contribution in [1.29, 1.82) is 0 Å². The number of sulfonamides is 1. The van der Waals surface area contributed by atoms with Crippen LogP contribution in [-0.4, -0.2) is 13.0 Å². The number of ether oxygens (including phenoxy) is 1. The largest absolute Gasteiger partial charge is 0.487 e. The fourth-order valence-electron chi connectivity index (χ4n) is 2.47. The summed E-state index contributed by atoms with van der Waals surface area (Å²) in [6.07, 6.45) is 1.51. The molecule has 1 heterocycles. The van der Waals surface area contributed by atoms with Gasteiger partial charge in [0.05, 0.1) is 5.52 Å². The number of rotatable bonds is 4. The van der Waals surface area contributed by atoms with Crippen LogP contribution in [0.25, 0.3) is 10.9 Å². The van der Waals surface area contributed by atoms with Gasteiger partial charge in [-0.3, -0.25) is 0 Å². The first-order valence-electron chi connectivity index (χ1n) is 6.74. The first-order chi connectivity index (χ1) is 10.5. The zero-order chi connectivity index (χ0) is 15.7. The SMILES string of the molecule is Cn1cc(S(N)(=O)=O)c2cccc(OCc3ccccc3)c21. The Morgan fingerprint density at radius 3 is 2.50 bits per heavy atom. The number of para-hydroxylation sites is 1. The van der Waals surface area contributed by atoms with Crippen LogP contribution in [-0.2, 0) is 23.7 Å². The summed E-state index contributed by atoms with van der Waals surface area (Å²) in [7, 11) is -2.00. The van der Waals surface area contributed by atoms with Crippen molar-refractivity contribution < 1.29 is 13.2 Å². The molecule has 0 aliphatic heterocycles. The maximum Gasteiger partial charge on any atom is 0.240 e. The first kappa shape index (κ1) is 14.6. The molecule has 6 heteroatoms. The van der Waals surface area contributed by atoms with Gasteiger partial charge < -0.3 is 9.30 Å². The highest BCUT2D eigenvalue weighted by Gasteiger charge is 2.18. The highest BCUT2D eigenvalue weighted by molar-refractivity contribution is 7.89. The third kappa shape index (κ3) is 2.70. The molecule has 1 aromatic heterocycles. The van der Waals surface area contributed by atoms with Crippen molar-refractivity contribution in [1.82, 2.24) is 4.57 Å². The summed E-state index contributed by atoms with van der Waals surface area (Å²) in [4.78, 5) is 0.107. The number of fused-ring (bicyclic) bond motifs is 1. The van der Waals surface area contributed by atoms with Crippen molar-refractivity contribution >= 4 is 20.9 Å². The highest BCUT2D eigenvalue weighted by atomic mass is 32.2. The predicted octanol–water partition coefficient (Wildman–Crippen LogP) is 2.40. The van der Waals surface area contributed by atoms with Crippen LogP contribution < -0.4 is 9.88 Å². The van der Waals surface area contributed by atoms with Crippen molar-refractivity contribution in [3.63, 3.8) is 0 Å². The van der Waals surface area contributed by atoms with Gasteiger partial charge in [0.1, 0.15) is 17.3 Å². The quantitative estimate of drug-likeness (QED) is 0.803. The van der Waals surface area contributed by atoms with E-state index in [4.69, 9.17) is 9.88 Å². The summed E-state index contributed by atoms with van der Waals surface area (Å²) >= 11 is 0. The van der Waals surface area contributed by atoms with Crippen LogP contribution >= 0.6 is 0 Å². The molecular weight excluding hydrogens is 300 g/mol. The molecule has 0 saturated carbocycles. The molecule has 2 aromatic carbocycles. The molecule has 3 rings (SSSR count). The van der Waals surface area contributed by atoms with Crippen molar-refractivity contribution in [2.75, 3.05) is 0 Å². The van der Waals surface area contributed by atoms with E-state index >= 15 is 0 Å². The van der Waals surface area contributed by atoms with Crippen molar-refractivity contribution in [2.45, 2.75) is 11.5 Å². The maximum absolute atomic E-state index is 11.7. The summed E-state index contributed by atoms with van der Waals surface area (Å²) in [6.45, 7) is 0.413. The Labute approximate surface area is 129 Å². The van der Waals surface area contributed by atoms with Crippen molar-refractivity contribution in [3.8, 4) is 5.75 Å². The van der Waals surface area contributed by atoms with E-state index in [1.807, 2.05) is 36.4 Å². The van der Waals surface area contributed by atoms with Gasteiger partial charge in [-0.25, -0.2) is 13.6 Å². The monoisotopic (exact) mass is 316 g/mol. The number of benzene rings is 2. The van der Waals surface area contributed by atoms with Gasteiger partial charge in [0.2, 0.25) is 10.0 Å². The number of hydrogen-bond donors (Lipinski definition) is 1. The summed E-state index contributed by atoms with van der Waals surface area (Å²) in [5, 5.41) is 5.83. The highest BCUT2D eigenvalue weighted by Crippen LogP contribution is 2.31. The molecule has 0 aliphatic carbocycles. The van der Waals surface area contributed by atoms with E-state index in [9.17, 15) is 8.42 Å². The van der Waals surface area contributed by atoms with Crippen LogP contribution in [0.2, 0.25) is 0 Å². The van der Waals surface area contributed by atoms with Crippen LogP contribution in [0.3, 0.4) is 0 Å². The molecule has 0 amide bonds. The minimum absolute atomic E-state index is 0.107. The second kappa shape index (κ2) is 5.47. The minimum Gasteiger partial charge on any atom is -0.487 e. The molecule has 0 atom stereocenters. The van der Waals surface area contributed by atoms with E-state index in [-0.39, 0.29) is 4.90 Å². The molecule has 0 bridgehead atoms. The molecule has 22 heavy (non-hydrogen) atoms. The molecule has 3 aromatic rings. The minimum atomic E-state index is -3.77. The third-order valence-electron chi connectivity index (χ3n) is 3.47. The van der Waals surface area contributed by atoms with Crippen LogP contribution in [0.4, 0.5) is 0 Å². The molecule has 0 unspecified atom stereocenters. The Kier molecular flexibility index (Phi) is 3.64. The number of nitrogens with zero attached hydrogens (tertiary/aromatic N) is 1. The Bertz CT molecular complexity index is 915. The zero-order valence-corrected chi connectivity index (χ0v) is 12.9. The molecular formula is C16H16N2O3S. The lowest BCUT2D eigenvalue weighted by Gasteiger charge is -2.09. The Morgan fingerprint density at radius 1 is 1.09 bits per heavy atom. The average molecular weight is 316 g/mol. The molecule has 2 N–H and O–H groups in total. The average Bonchev–Trinajstić information content (AvgIpc) is 2.84. The first-order valence-corrected chi connectivity index (χ1v) is 8.29. The maximum atomic E-state index is 11.7. The lowest BCUT2D eigenvalue weighted by molar-refractivity contribution is 0.309. The summed E-state index contributed by atoms with van der Waals surface area (Å²) in [5.41, 5.74) is 1.75. The lowest BCUT2D eigenvalue weighted by Crippen LogP contribution is -2.11. The molecule has 0 saturated heterocycles. The summed E-state index contributed by atoms with van der Waals surface area (Å²) in [5.74, 6) is 0.624. The summed E-state index contributed by atoms with van der Waals surface area (Å²) in [6, 6.07) is 15.1. The normalized spacial score (nSPS) is 11.7. The van der Waals surface area contributed by atoms with E-state index in [1.54, 1.807) is 23.7 Å². The molecule has 114 valence electrons. The van der Waals surface area contributed by atoms with Gasteiger partial charge in [-0.1, -0.05) is 42.5 Å². The standard InChI is InChI=1S/C16H16N2O3S/c1-18-10-15(22(17,19)20)13-8-5-9-14(16(13)18)21-11-12-6-3-2-4-7-12/h2-10H,11H2,1H3,(H2,17,19,20). The fraction of sp³-hybridized carbons (Fsp3) is 0.125. The third-order valence-corrected chi connectivity index (χ3v) is 4.41. The molecule has 0 aliphatic rings.